The van der Waals surface area contributed by atoms with Gasteiger partial charge in [0, 0.05) is 13.1 Å². The van der Waals surface area contributed by atoms with Gasteiger partial charge in [-0.1, -0.05) is 27.7 Å². The van der Waals surface area contributed by atoms with Crippen LogP contribution in [0.4, 0.5) is 0 Å². The van der Waals surface area contributed by atoms with E-state index in [0.29, 0.717) is 5.92 Å². The SMILES string of the molecule is CCN(CC)CCNC(C#N)C(C)C. The van der Waals surface area contributed by atoms with Crippen LogP contribution in [0.5, 0.6) is 0 Å². The van der Waals surface area contributed by atoms with Crippen LogP contribution in [0.1, 0.15) is 27.7 Å². The summed E-state index contributed by atoms with van der Waals surface area (Å²) in [6.45, 7) is 12.5. The van der Waals surface area contributed by atoms with Gasteiger partial charge in [-0.05, 0) is 19.0 Å². The van der Waals surface area contributed by atoms with Crippen LogP contribution >= 0.6 is 0 Å². The Morgan fingerprint density at radius 3 is 2.21 bits per heavy atom. The molecule has 1 atom stereocenters. The number of hydrogen-bond acceptors (Lipinski definition) is 3. The zero-order valence-corrected chi connectivity index (χ0v) is 9.88. The van der Waals surface area contributed by atoms with Gasteiger partial charge in [-0.3, -0.25) is 0 Å². The summed E-state index contributed by atoms with van der Waals surface area (Å²) in [5.74, 6) is 0.386. The predicted molar refractivity (Wildman–Crippen MR) is 60.0 cm³/mol. The maximum atomic E-state index is 8.85. The normalized spacial score (nSPS) is 13.2. The van der Waals surface area contributed by atoms with Gasteiger partial charge in [-0.15, -0.1) is 0 Å². The average Bonchev–Trinajstić information content (AvgIpc) is 2.18. The molecule has 0 aromatic heterocycles. The fraction of sp³-hybridized carbons (Fsp3) is 0.909. The smallest absolute Gasteiger partial charge is 0.0976 e. The van der Waals surface area contributed by atoms with E-state index in [4.69, 9.17) is 5.26 Å². The minimum Gasteiger partial charge on any atom is -0.303 e. The molecule has 0 aliphatic heterocycles. The summed E-state index contributed by atoms with van der Waals surface area (Å²) >= 11 is 0. The maximum Gasteiger partial charge on any atom is 0.0976 e. The van der Waals surface area contributed by atoms with Crippen molar-refractivity contribution in [3.8, 4) is 6.07 Å². The quantitative estimate of drug-likeness (QED) is 0.671. The van der Waals surface area contributed by atoms with E-state index in [1.54, 1.807) is 0 Å². The van der Waals surface area contributed by atoms with Crippen LogP contribution in [0, 0.1) is 17.2 Å². The van der Waals surface area contributed by atoms with Crippen LogP contribution < -0.4 is 5.32 Å². The Labute approximate surface area is 88.1 Å². The van der Waals surface area contributed by atoms with Crippen molar-refractivity contribution in [1.82, 2.24) is 10.2 Å². The molecule has 3 heteroatoms. The molecule has 82 valence electrons. The molecule has 0 bridgehead atoms. The lowest BCUT2D eigenvalue weighted by Crippen LogP contribution is -2.38. The van der Waals surface area contributed by atoms with Gasteiger partial charge in [0.05, 0.1) is 12.1 Å². The zero-order chi connectivity index (χ0) is 11.0. The summed E-state index contributed by atoms with van der Waals surface area (Å²) in [5.41, 5.74) is 0. The maximum absolute atomic E-state index is 8.85. The Morgan fingerprint density at radius 2 is 1.86 bits per heavy atom. The summed E-state index contributed by atoms with van der Waals surface area (Å²) < 4.78 is 0. The molecule has 0 radical (unpaired) electrons. The Morgan fingerprint density at radius 1 is 1.29 bits per heavy atom. The van der Waals surface area contributed by atoms with Gasteiger partial charge in [0.15, 0.2) is 0 Å². The molecule has 0 rings (SSSR count). The van der Waals surface area contributed by atoms with Gasteiger partial charge in [0.2, 0.25) is 0 Å². The molecule has 0 aromatic rings. The number of nitriles is 1. The molecule has 0 aliphatic carbocycles. The minimum absolute atomic E-state index is 0.00874. The zero-order valence-electron chi connectivity index (χ0n) is 9.88. The van der Waals surface area contributed by atoms with E-state index in [0.717, 1.165) is 26.2 Å². The molecule has 14 heavy (non-hydrogen) atoms. The summed E-state index contributed by atoms with van der Waals surface area (Å²) in [6, 6.07) is 2.27. The van der Waals surface area contributed by atoms with Crippen LogP contribution in [0.3, 0.4) is 0 Å². The van der Waals surface area contributed by atoms with Crippen molar-refractivity contribution in [2.75, 3.05) is 26.2 Å². The highest BCUT2D eigenvalue weighted by Crippen LogP contribution is 1.99. The molecule has 0 aliphatic rings. The second-order valence-electron chi connectivity index (χ2n) is 3.83. The lowest BCUT2D eigenvalue weighted by molar-refractivity contribution is 0.295. The molecular weight excluding hydrogens is 174 g/mol. The van der Waals surface area contributed by atoms with Crippen molar-refractivity contribution < 1.29 is 0 Å². The lowest BCUT2D eigenvalue weighted by atomic mass is 10.1. The number of nitrogens with one attached hydrogen (secondary N) is 1. The summed E-state index contributed by atoms with van der Waals surface area (Å²) in [6.07, 6.45) is 0. The Balaban J connectivity index is 3.66. The fourth-order valence-electron chi connectivity index (χ4n) is 1.35. The van der Waals surface area contributed by atoms with E-state index in [1.165, 1.54) is 0 Å². The van der Waals surface area contributed by atoms with E-state index in [-0.39, 0.29) is 6.04 Å². The van der Waals surface area contributed by atoms with Gasteiger partial charge in [0.25, 0.3) is 0 Å². The van der Waals surface area contributed by atoms with Gasteiger partial charge < -0.3 is 10.2 Å². The predicted octanol–water partition coefficient (Wildman–Crippen LogP) is 1.47. The van der Waals surface area contributed by atoms with Crippen molar-refractivity contribution >= 4 is 0 Å². The molecule has 1 unspecified atom stereocenters. The van der Waals surface area contributed by atoms with Crippen LogP contribution in [0.25, 0.3) is 0 Å². The van der Waals surface area contributed by atoms with E-state index >= 15 is 0 Å². The Kier molecular flexibility index (Phi) is 7.45. The number of hydrogen-bond donors (Lipinski definition) is 1. The van der Waals surface area contributed by atoms with Gasteiger partial charge in [-0.25, -0.2) is 0 Å². The molecule has 1 N–H and O–H groups in total. The number of nitrogens with zero attached hydrogens (tertiary/aromatic N) is 2. The lowest BCUT2D eigenvalue weighted by Gasteiger charge is -2.20. The van der Waals surface area contributed by atoms with E-state index in [9.17, 15) is 0 Å². The van der Waals surface area contributed by atoms with Crippen LogP contribution in [0.15, 0.2) is 0 Å². The monoisotopic (exact) mass is 197 g/mol. The topological polar surface area (TPSA) is 39.1 Å². The van der Waals surface area contributed by atoms with Crippen molar-refractivity contribution in [3.05, 3.63) is 0 Å². The first-order valence-corrected chi connectivity index (χ1v) is 5.51. The molecule has 0 aromatic carbocycles. The average molecular weight is 197 g/mol. The Hall–Kier alpha value is -0.590. The van der Waals surface area contributed by atoms with Crippen molar-refractivity contribution in [3.63, 3.8) is 0 Å². The second kappa shape index (κ2) is 7.78. The van der Waals surface area contributed by atoms with Gasteiger partial charge in [-0.2, -0.15) is 5.26 Å². The van der Waals surface area contributed by atoms with Crippen molar-refractivity contribution in [2.24, 2.45) is 5.92 Å². The highest BCUT2D eigenvalue weighted by Gasteiger charge is 2.10. The number of rotatable bonds is 7. The Bertz CT molecular complexity index is 168. The molecular formula is C11H23N3. The third-order valence-corrected chi connectivity index (χ3v) is 2.49. The van der Waals surface area contributed by atoms with E-state index in [1.807, 2.05) is 0 Å². The molecule has 0 fully saturated rings. The van der Waals surface area contributed by atoms with Gasteiger partial charge >= 0.3 is 0 Å². The van der Waals surface area contributed by atoms with Crippen LogP contribution in [0.2, 0.25) is 0 Å². The first-order chi connectivity index (χ1) is 6.65. The molecule has 0 saturated heterocycles. The van der Waals surface area contributed by atoms with Crippen molar-refractivity contribution in [2.45, 2.75) is 33.7 Å². The third kappa shape index (κ3) is 5.21. The van der Waals surface area contributed by atoms with Crippen LogP contribution in [-0.2, 0) is 0 Å². The fourth-order valence-corrected chi connectivity index (χ4v) is 1.35. The van der Waals surface area contributed by atoms with Crippen molar-refractivity contribution in [1.29, 1.82) is 5.26 Å². The van der Waals surface area contributed by atoms with E-state index < -0.39 is 0 Å². The second-order valence-corrected chi connectivity index (χ2v) is 3.83. The first-order valence-electron chi connectivity index (χ1n) is 5.51. The molecule has 0 heterocycles. The molecule has 3 nitrogen and oxygen atoms in total. The first kappa shape index (κ1) is 13.4. The largest absolute Gasteiger partial charge is 0.303 e. The number of likely N-dealkylation sites (N-methyl/N-ethyl adjacent to an activating group) is 1. The highest BCUT2D eigenvalue weighted by atomic mass is 15.1. The molecule has 0 saturated carbocycles. The summed E-state index contributed by atoms with van der Waals surface area (Å²) in [4.78, 5) is 2.35. The summed E-state index contributed by atoms with van der Waals surface area (Å²) in [5, 5.41) is 12.1. The standard InChI is InChI=1S/C11H23N3/c1-5-14(6-2)8-7-13-11(9-12)10(3)4/h10-11,13H,5-8H2,1-4H3. The van der Waals surface area contributed by atoms with Crippen LogP contribution in [-0.4, -0.2) is 37.1 Å². The van der Waals surface area contributed by atoms with Gasteiger partial charge in [0.1, 0.15) is 0 Å². The third-order valence-electron chi connectivity index (χ3n) is 2.49. The minimum atomic E-state index is -0.00874. The summed E-state index contributed by atoms with van der Waals surface area (Å²) in [7, 11) is 0. The molecule has 0 amide bonds. The highest BCUT2D eigenvalue weighted by molar-refractivity contribution is 4.91. The van der Waals surface area contributed by atoms with E-state index in [2.05, 4.69) is 44.0 Å². The molecule has 0 spiro atoms.